The lowest BCUT2D eigenvalue weighted by Gasteiger charge is -2.37. The van der Waals surface area contributed by atoms with Gasteiger partial charge in [-0.3, -0.25) is 15.4 Å². The van der Waals surface area contributed by atoms with Gasteiger partial charge in [0, 0.05) is 34.6 Å². The number of benzene rings is 2. The fourth-order valence-electron chi connectivity index (χ4n) is 3.35. The monoisotopic (exact) mass is 389 g/mol. The fraction of sp³-hybridized carbons (Fsp3) is 0.316. The van der Waals surface area contributed by atoms with Gasteiger partial charge in [-0.05, 0) is 36.8 Å². The van der Waals surface area contributed by atoms with E-state index in [1.165, 1.54) is 7.11 Å². The summed E-state index contributed by atoms with van der Waals surface area (Å²) in [5.74, 6) is -0.463. The van der Waals surface area contributed by atoms with Crippen LogP contribution in [-0.4, -0.2) is 36.8 Å². The molecule has 8 heteroatoms. The summed E-state index contributed by atoms with van der Waals surface area (Å²) in [4.78, 5) is 25.1. The van der Waals surface area contributed by atoms with Gasteiger partial charge in [0.15, 0.2) is 0 Å². The number of rotatable bonds is 5. The Morgan fingerprint density at radius 1 is 1.26 bits per heavy atom. The van der Waals surface area contributed by atoms with Gasteiger partial charge in [0.25, 0.3) is 6.17 Å². The maximum Gasteiger partial charge on any atom is 0.339 e. The highest BCUT2D eigenvalue weighted by atomic mass is 35.5. The first kappa shape index (κ1) is 19.1. The quantitative estimate of drug-likeness (QED) is 0.477. The minimum absolute atomic E-state index is 0.0783. The van der Waals surface area contributed by atoms with Crippen molar-refractivity contribution in [3.8, 4) is 0 Å². The van der Waals surface area contributed by atoms with Crippen molar-refractivity contribution in [2.45, 2.75) is 25.0 Å². The minimum Gasteiger partial charge on any atom is -0.465 e. The molecule has 2 aromatic rings. The highest BCUT2D eigenvalue weighted by Crippen LogP contribution is 2.35. The molecule has 2 unspecified atom stereocenters. The zero-order chi connectivity index (χ0) is 19.4. The van der Waals surface area contributed by atoms with Gasteiger partial charge < -0.3 is 9.64 Å². The first-order valence-corrected chi connectivity index (χ1v) is 8.98. The van der Waals surface area contributed by atoms with Gasteiger partial charge in [0.2, 0.25) is 0 Å². The molecule has 0 aliphatic carbocycles. The van der Waals surface area contributed by atoms with E-state index in [0.717, 1.165) is 5.69 Å². The number of halogens is 1. The second-order valence-electron chi connectivity index (χ2n) is 6.30. The number of esters is 1. The normalized spacial score (nSPS) is 19.3. The summed E-state index contributed by atoms with van der Waals surface area (Å²) in [6, 6.07) is 14.5. The molecule has 1 aliphatic heterocycles. The van der Waals surface area contributed by atoms with Crippen LogP contribution < -0.4 is 10.2 Å². The zero-order valence-corrected chi connectivity index (χ0v) is 15.6. The molecule has 0 spiro atoms. The smallest absolute Gasteiger partial charge is 0.339 e. The molecule has 1 aliphatic rings. The van der Waals surface area contributed by atoms with Crippen LogP contribution in [0.3, 0.4) is 0 Å². The zero-order valence-electron chi connectivity index (χ0n) is 14.8. The number of nitro groups is 1. The molecule has 7 nitrogen and oxygen atoms in total. The highest BCUT2D eigenvalue weighted by molar-refractivity contribution is 6.31. The van der Waals surface area contributed by atoms with Crippen LogP contribution in [0.15, 0.2) is 48.5 Å². The van der Waals surface area contributed by atoms with Gasteiger partial charge in [-0.1, -0.05) is 29.8 Å². The van der Waals surface area contributed by atoms with Crippen LogP contribution in [0.1, 0.15) is 23.2 Å². The first-order chi connectivity index (χ1) is 13.0. The Balaban J connectivity index is 2.03. The molecule has 142 valence electrons. The number of hydrogen-bond donors (Lipinski definition) is 1. The number of hydrogen-bond acceptors (Lipinski definition) is 6. The number of methoxy groups -OCH3 is 1. The third-order valence-corrected chi connectivity index (χ3v) is 4.88. The van der Waals surface area contributed by atoms with E-state index in [-0.39, 0.29) is 11.0 Å². The van der Waals surface area contributed by atoms with E-state index in [9.17, 15) is 14.9 Å². The van der Waals surface area contributed by atoms with Crippen molar-refractivity contribution in [1.82, 2.24) is 5.32 Å². The molecule has 2 aromatic carbocycles. The topological polar surface area (TPSA) is 84.7 Å². The van der Waals surface area contributed by atoms with Crippen LogP contribution in [0.5, 0.6) is 0 Å². The Kier molecular flexibility index (Phi) is 5.93. The van der Waals surface area contributed by atoms with Crippen LogP contribution in [0, 0.1) is 10.1 Å². The largest absolute Gasteiger partial charge is 0.465 e. The molecule has 0 saturated carbocycles. The number of para-hydroxylation sites is 1. The van der Waals surface area contributed by atoms with Crippen molar-refractivity contribution < 1.29 is 14.5 Å². The Morgan fingerprint density at radius 3 is 2.59 bits per heavy atom. The highest BCUT2D eigenvalue weighted by Gasteiger charge is 2.33. The summed E-state index contributed by atoms with van der Waals surface area (Å²) in [6.07, 6.45) is 0.244. The number of carbonyl (C=O) groups is 1. The van der Waals surface area contributed by atoms with E-state index in [2.05, 4.69) is 5.32 Å². The molecule has 1 saturated heterocycles. The standard InChI is InChI=1S/C19H20ClN3O4/c1-27-19(24)16-9-7-13(20)11-17(16)22(14-5-3-2-4-6-14)15-8-10-18(21-12-15)23(25)26/h2-7,9,11,15,18,21H,8,10,12H2,1H3. The number of nitrogens with zero attached hydrogens (tertiary/aromatic N) is 2. The number of anilines is 2. The molecule has 1 fully saturated rings. The summed E-state index contributed by atoms with van der Waals surface area (Å²) in [6.45, 7) is 0.410. The van der Waals surface area contributed by atoms with E-state index in [0.29, 0.717) is 35.7 Å². The maximum absolute atomic E-state index is 12.3. The van der Waals surface area contributed by atoms with Gasteiger partial charge >= 0.3 is 5.97 Å². The molecule has 0 radical (unpaired) electrons. The van der Waals surface area contributed by atoms with Crippen LogP contribution in [0.4, 0.5) is 11.4 Å². The van der Waals surface area contributed by atoms with E-state index in [4.69, 9.17) is 16.3 Å². The van der Waals surface area contributed by atoms with Gasteiger partial charge in [0.05, 0.1) is 18.4 Å². The Hall–Kier alpha value is -2.64. The lowest BCUT2D eigenvalue weighted by Crippen LogP contribution is -2.51. The van der Waals surface area contributed by atoms with Crippen LogP contribution in [-0.2, 0) is 4.74 Å². The van der Waals surface area contributed by atoms with E-state index < -0.39 is 12.1 Å². The summed E-state index contributed by atoms with van der Waals surface area (Å²) < 4.78 is 4.93. The Morgan fingerprint density at radius 2 is 2.00 bits per heavy atom. The lowest BCUT2D eigenvalue weighted by molar-refractivity contribution is -0.532. The summed E-state index contributed by atoms with van der Waals surface area (Å²) in [5.41, 5.74) is 1.88. The number of carbonyl (C=O) groups excluding carboxylic acids is 1. The van der Waals surface area contributed by atoms with Crippen molar-refractivity contribution >= 4 is 28.9 Å². The molecule has 1 heterocycles. The summed E-state index contributed by atoms with van der Waals surface area (Å²) in [5, 5.41) is 14.5. The van der Waals surface area contributed by atoms with Gasteiger partial charge in [-0.25, -0.2) is 4.79 Å². The number of ether oxygens (including phenoxy) is 1. The summed E-state index contributed by atoms with van der Waals surface area (Å²) >= 11 is 6.22. The van der Waals surface area contributed by atoms with Crippen LogP contribution in [0.2, 0.25) is 5.02 Å². The van der Waals surface area contributed by atoms with Crippen molar-refractivity contribution in [2.24, 2.45) is 0 Å². The van der Waals surface area contributed by atoms with Gasteiger partial charge in [-0.15, -0.1) is 0 Å². The van der Waals surface area contributed by atoms with E-state index >= 15 is 0 Å². The first-order valence-electron chi connectivity index (χ1n) is 8.60. The van der Waals surface area contributed by atoms with Crippen molar-refractivity contribution in [1.29, 1.82) is 0 Å². The van der Waals surface area contributed by atoms with Crippen LogP contribution >= 0.6 is 11.6 Å². The predicted molar refractivity (Wildman–Crippen MR) is 103 cm³/mol. The summed E-state index contributed by atoms with van der Waals surface area (Å²) in [7, 11) is 1.33. The molecule has 0 bridgehead atoms. The van der Waals surface area contributed by atoms with Gasteiger partial charge in [-0.2, -0.15) is 0 Å². The second kappa shape index (κ2) is 8.37. The predicted octanol–water partition coefficient (Wildman–Crippen LogP) is 3.62. The third kappa shape index (κ3) is 4.20. The second-order valence-corrected chi connectivity index (χ2v) is 6.74. The van der Waals surface area contributed by atoms with E-state index in [1.54, 1.807) is 18.2 Å². The Labute approximate surface area is 162 Å². The third-order valence-electron chi connectivity index (χ3n) is 4.64. The average Bonchev–Trinajstić information content (AvgIpc) is 2.69. The molecule has 3 rings (SSSR count). The molecule has 0 aromatic heterocycles. The SMILES string of the molecule is COC(=O)c1ccc(Cl)cc1N(c1ccccc1)C1CCC([N+](=O)[O-])NC1. The molecule has 0 amide bonds. The Bertz CT molecular complexity index is 823. The number of nitrogens with one attached hydrogen (secondary N) is 1. The van der Waals surface area contributed by atoms with E-state index in [1.807, 2.05) is 35.2 Å². The van der Waals surface area contributed by atoms with Crippen molar-refractivity contribution in [3.05, 3.63) is 69.2 Å². The molecular formula is C19H20ClN3O4. The molecular weight excluding hydrogens is 370 g/mol. The lowest BCUT2D eigenvalue weighted by atomic mass is 10.0. The minimum atomic E-state index is -0.752. The fourth-order valence-corrected chi connectivity index (χ4v) is 3.52. The maximum atomic E-state index is 12.3. The molecule has 1 N–H and O–H groups in total. The molecule has 27 heavy (non-hydrogen) atoms. The van der Waals surface area contributed by atoms with Crippen molar-refractivity contribution in [3.63, 3.8) is 0 Å². The average molecular weight is 390 g/mol. The molecule has 2 atom stereocenters. The number of piperidine rings is 1. The van der Waals surface area contributed by atoms with Crippen LogP contribution in [0.25, 0.3) is 0 Å². The van der Waals surface area contributed by atoms with Crippen molar-refractivity contribution in [2.75, 3.05) is 18.6 Å². The van der Waals surface area contributed by atoms with Gasteiger partial charge in [0.1, 0.15) is 0 Å².